The summed E-state index contributed by atoms with van der Waals surface area (Å²) in [5.74, 6) is 6.76. The molecule has 0 atom stereocenters. The fraction of sp³-hybridized carbons (Fsp3) is 0.0588. The summed E-state index contributed by atoms with van der Waals surface area (Å²) >= 11 is 0. The Bertz CT molecular complexity index is 577. The first-order valence-corrected chi connectivity index (χ1v) is 5.77. The van der Waals surface area contributed by atoms with Crippen LogP contribution in [-0.4, -0.2) is 0 Å². The van der Waals surface area contributed by atoms with Crippen LogP contribution in [0, 0.1) is 17.8 Å². The van der Waals surface area contributed by atoms with Crippen molar-refractivity contribution in [3.8, 4) is 23.0 Å². The number of hydrogen-bond acceptors (Lipinski definition) is 0. The molecule has 0 aromatic heterocycles. The lowest BCUT2D eigenvalue weighted by molar-refractivity contribution is 1.15. The Balaban J connectivity index is 1.94. The van der Waals surface area contributed by atoms with Crippen molar-refractivity contribution >= 4 is 0 Å². The van der Waals surface area contributed by atoms with Crippen molar-refractivity contribution < 1.29 is 0 Å². The average Bonchev–Trinajstić information content (AvgIpc) is 2.93. The Morgan fingerprint density at radius 3 is 2.12 bits per heavy atom. The molecule has 0 heterocycles. The Morgan fingerprint density at radius 2 is 1.47 bits per heavy atom. The smallest absolute Gasteiger partial charge is 0.0573 e. The van der Waals surface area contributed by atoms with Gasteiger partial charge >= 0.3 is 0 Å². The molecule has 0 aliphatic heterocycles. The minimum Gasteiger partial charge on any atom is -0.0861 e. The molecule has 17 heavy (non-hydrogen) atoms. The van der Waals surface area contributed by atoms with Crippen molar-refractivity contribution in [3.05, 3.63) is 72.3 Å². The van der Waals surface area contributed by atoms with Gasteiger partial charge in [-0.15, -0.1) is 0 Å². The van der Waals surface area contributed by atoms with Crippen LogP contribution >= 0.6 is 0 Å². The van der Waals surface area contributed by atoms with Crippen LogP contribution < -0.4 is 0 Å². The van der Waals surface area contributed by atoms with Crippen LogP contribution in [0.25, 0.3) is 11.1 Å². The summed E-state index contributed by atoms with van der Waals surface area (Å²) < 4.78 is 0. The van der Waals surface area contributed by atoms with Gasteiger partial charge in [0.25, 0.3) is 0 Å². The van der Waals surface area contributed by atoms with Gasteiger partial charge in [-0.1, -0.05) is 66.5 Å². The fourth-order valence-corrected chi connectivity index (χ4v) is 1.98. The van der Waals surface area contributed by atoms with Crippen LogP contribution in [0.2, 0.25) is 0 Å². The summed E-state index contributed by atoms with van der Waals surface area (Å²) in [6.45, 7) is 0. The van der Waals surface area contributed by atoms with Crippen LogP contribution in [0.1, 0.15) is 5.56 Å². The van der Waals surface area contributed by atoms with Gasteiger partial charge in [0.05, 0.1) is 5.92 Å². The molecule has 0 nitrogen and oxygen atoms in total. The van der Waals surface area contributed by atoms with E-state index in [1.165, 1.54) is 11.1 Å². The molecule has 0 bridgehead atoms. The molecule has 0 spiro atoms. The summed E-state index contributed by atoms with van der Waals surface area (Å²) in [6, 6.07) is 14.7. The molecule has 0 saturated heterocycles. The summed E-state index contributed by atoms with van der Waals surface area (Å²) in [5, 5.41) is 0. The van der Waals surface area contributed by atoms with E-state index in [-0.39, 0.29) is 5.92 Å². The van der Waals surface area contributed by atoms with Crippen molar-refractivity contribution in [2.24, 2.45) is 5.92 Å². The highest BCUT2D eigenvalue weighted by atomic mass is 14.1. The molecule has 0 N–H and O–H groups in total. The van der Waals surface area contributed by atoms with Crippen LogP contribution in [0.5, 0.6) is 0 Å². The van der Waals surface area contributed by atoms with E-state index >= 15 is 0 Å². The highest BCUT2D eigenvalue weighted by Crippen LogP contribution is 2.24. The van der Waals surface area contributed by atoms with Gasteiger partial charge in [0.2, 0.25) is 0 Å². The van der Waals surface area contributed by atoms with E-state index in [0.717, 1.165) is 5.56 Å². The molecule has 0 fully saturated rings. The van der Waals surface area contributed by atoms with Gasteiger partial charge in [0.15, 0.2) is 0 Å². The van der Waals surface area contributed by atoms with Crippen LogP contribution in [0.15, 0.2) is 66.8 Å². The van der Waals surface area contributed by atoms with Gasteiger partial charge in [-0.05, 0) is 23.3 Å². The van der Waals surface area contributed by atoms with Gasteiger partial charge in [0.1, 0.15) is 0 Å². The molecule has 3 aliphatic rings. The van der Waals surface area contributed by atoms with Crippen molar-refractivity contribution in [2.45, 2.75) is 0 Å². The monoisotopic (exact) mass is 216 g/mol. The highest BCUT2D eigenvalue weighted by molar-refractivity contribution is 5.70. The van der Waals surface area contributed by atoms with Gasteiger partial charge in [-0.3, -0.25) is 0 Å². The van der Waals surface area contributed by atoms with Crippen molar-refractivity contribution in [1.82, 2.24) is 0 Å². The van der Waals surface area contributed by atoms with E-state index in [2.05, 4.69) is 60.4 Å². The highest BCUT2D eigenvalue weighted by Gasteiger charge is 2.03. The third-order valence-electron chi connectivity index (χ3n) is 2.86. The van der Waals surface area contributed by atoms with E-state index in [0.29, 0.717) is 0 Å². The van der Waals surface area contributed by atoms with E-state index < -0.39 is 0 Å². The minimum absolute atomic E-state index is 0.282. The first-order chi connectivity index (χ1) is 8.42. The third-order valence-corrected chi connectivity index (χ3v) is 2.86. The predicted molar refractivity (Wildman–Crippen MR) is 71.7 cm³/mol. The largest absolute Gasteiger partial charge is 0.0861 e. The zero-order valence-corrected chi connectivity index (χ0v) is 9.43. The number of hydrogen-bond donors (Lipinski definition) is 0. The van der Waals surface area contributed by atoms with E-state index in [1.807, 2.05) is 18.2 Å². The standard InChI is InChI=1S/C17H12/c1-2-8-16-12-15(13-17(16)9-3-1)11-10-14-6-4-5-7-14/h1-9,12-14H. The van der Waals surface area contributed by atoms with Crippen LogP contribution in [0.3, 0.4) is 0 Å². The Morgan fingerprint density at radius 1 is 0.824 bits per heavy atom. The summed E-state index contributed by atoms with van der Waals surface area (Å²) in [6.07, 6.45) is 8.30. The maximum atomic E-state index is 3.24. The quantitative estimate of drug-likeness (QED) is 0.586. The summed E-state index contributed by atoms with van der Waals surface area (Å²) in [4.78, 5) is 0. The average molecular weight is 216 g/mol. The molecule has 80 valence electrons. The molecule has 0 aromatic carbocycles. The third kappa shape index (κ3) is 2.14. The molecule has 3 rings (SSSR count). The molecule has 0 unspecified atom stereocenters. The molecule has 0 amide bonds. The Hall–Kier alpha value is -2.26. The van der Waals surface area contributed by atoms with Gasteiger partial charge in [-0.25, -0.2) is 0 Å². The van der Waals surface area contributed by atoms with Crippen molar-refractivity contribution in [1.29, 1.82) is 0 Å². The van der Waals surface area contributed by atoms with Crippen molar-refractivity contribution in [3.63, 3.8) is 0 Å². The molecular formula is C17H12. The lowest BCUT2D eigenvalue weighted by atomic mass is 10.2. The molecule has 3 aliphatic carbocycles. The normalized spacial score (nSPS) is 13.9. The van der Waals surface area contributed by atoms with Crippen molar-refractivity contribution in [2.75, 3.05) is 0 Å². The Labute approximate surface area is 102 Å². The lowest BCUT2D eigenvalue weighted by Gasteiger charge is -1.88. The van der Waals surface area contributed by atoms with Crippen LogP contribution in [-0.2, 0) is 0 Å². The predicted octanol–water partition coefficient (Wildman–Crippen LogP) is 3.89. The van der Waals surface area contributed by atoms with E-state index in [9.17, 15) is 0 Å². The second kappa shape index (κ2) is 4.31. The lowest BCUT2D eigenvalue weighted by Crippen LogP contribution is -1.80. The zero-order valence-electron chi connectivity index (χ0n) is 9.43. The zero-order chi connectivity index (χ0) is 11.5. The molecule has 0 heteroatoms. The van der Waals surface area contributed by atoms with E-state index in [1.54, 1.807) is 0 Å². The molecule has 0 aromatic rings. The number of fused-ring (bicyclic) bond motifs is 1. The van der Waals surface area contributed by atoms with Gasteiger partial charge in [-0.2, -0.15) is 0 Å². The maximum absolute atomic E-state index is 3.24. The first-order valence-electron chi connectivity index (χ1n) is 5.77. The topological polar surface area (TPSA) is 0 Å². The van der Waals surface area contributed by atoms with E-state index in [4.69, 9.17) is 0 Å². The minimum atomic E-state index is 0.282. The molecule has 0 saturated carbocycles. The first kappa shape index (κ1) is 9.93. The second-order valence-electron chi connectivity index (χ2n) is 4.13. The fourth-order valence-electron chi connectivity index (χ4n) is 1.98. The van der Waals surface area contributed by atoms with Gasteiger partial charge < -0.3 is 0 Å². The molecular weight excluding hydrogens is 204 g/mol. The summed E-state index contributed by atoms with van der Waals surface area (Å²) in [7, 11) is 0. The summed E-state index contributed by atoms with van der Waals surface area (Å²) in [5.41, 5.74) is 3.59. The molecule has 0 radical (unpaired) electrons. The SMILES string of the molecule is C(#CC1C=CC=C1)c1cc2cccccc-2c1. The number of allylic oxidation sites excluding steroid dienone is 4. The van der Waals surface area contributed by atoms with Gasteiger partial charge in [0, 0.05) is 5.56 Å². The van der Waals surface area contributed by atoms with Crippen LogP contribution in [0.4, 0.5) is 0 Å². The maximum Gasteiger partial charge on any atom is 0.0573 e. The number of rotatable bonds is 0. The second-order valence-corrected chi connectivity index (χ2v) is 4.13. The Kier molecular flexibility index (Phi) is 2.52.